The second-order valence-corrected chi connectivity index (χ2v) is 4.13. The minimum atomic E-state index is -2.79. The van der Waals surface area contributed by atoms with Crippen molar-refractivity contribution in [3.8, 4) is 0 Å². The highest BCUT2D eigenvalue weighted by molar-refractivity contribution is 6.18. The highest BCUT2D eigenvalue weighted by atomic mass is 35.5. The van der Waals surface area contributed by atoms with Crippen LogP contribution in [0, 0.1) is 15.9 Å². The molecule has 0 radical (unpaired) electrons. The smallest absolute Gasteiger partial charge is 0.272 e. The van der Waals surface area contributed by atoms with Gasteiger partial charge in [-0.1, -0.05) is 0 Å². The highest BCUT2D eigenvalue weighted by Gasteiger charge is 2.23. The van der Waals surface area contributed by atoms with E-state index in [1.54, 1.807) is 0 Å². The van der Waals surface area contributed by atoms with Crippen LogP contribution in [0.4, 0.5) is 18.9 Å². The van der Waals surface area contributed by atoms with Gasteiger partial charge in [0.05, 0.1) is 23.1 Å². The summed E-state index contributed by atoms with van der Waals surface area (Å²) in [6.45, 7) is -1.07. The standard InChI is InChI=1S/C11H10ClF3N2O3/c12-3-4-16(6-10(14)15)11(18)8-2-1-7(17(19)20)5-9(8)13/h1-2,5,10H,3-4,6H2. The van der Waals surface area contributed by atoms with Crippen LogP contribution in [-0.2, 0) is 0 Å². The van der Waals surface area contributed by atoms with Crippen LogP contribution in [0.5, 0.6) is 0 Å². The highest BCUT2D eigenvalue weighted by Crippen LogP contribution is 2.18. The summed E-state index contributed by atoms with van der Waals surface area (Å²) in [6.07, 6.45) is -2.79. The Balaban J connectivity index is 3.02. The fraction of sp³-hybridized carbons (Fsp3) is 0.364. The van der Waals surface area contributed by atoms with Crippen molar-refractivity contribution >= 4 is 23.2 Å². The van der Waals surface area contributed by atoms with E-state index in [9.17, 15) is 28.1 Å². The zero-order chi connectivity index (χ0) is 15.3. The third-order valence-corrected chi connectivity index (χ3v) is 2.56. The molecule has 1 aromatic carbocycles. The van der Waals surface area contributed by atoms with Gasteiger partial charge in [-0.05, 0) is 6.07 Å². The number of nitro benzene ring substituents is 1. The van der Waals surface area contributed by atoms with E-state index >= 15 is 0 Å². The topological polar surface area (TPSA) is 63.4 Å². The van der Waals surface area contributed by atoms with Crippen LogP contribution in [0.15, 0.2) is 18.2 Å². The minimum absolute atomic E-state index is 0.0902. The lowest BCUT2D eigenvalue weighted by Gasteiger charge is -2.21. The van der Waals surface area contributed by atoms with E-state index in [2.05, 4.69) is 0 Å². The number of non-ortho nitro benzene ring substituents is 1. The molecule has 1 amide bonds. The zero-order valence-corrected chi connectivity index (χ0v) is 10.8. The SMILES string of the molecule is O=C(c1ccc([N+](=O)[O-])cc1F)N(CCCl)CC(F)F. The molecule has 0 saturated carbocycles. The van der Waals surface area contributed by atoms with Crippen molar-refractivity contribution in [1.82, 2.24) is 4.90 Å². The van der Waals surface area contributed by atoms with E-state index < -0.39 is 40.9 Å². The van der Waals surface area contributed by atoms with Crippen molar-refractivity contribution in [2.24, 2.45) is 0 Å². The number of nitrogens with zero attached hydrogens (tertiary/aromatic N) is 2. The first-order valence-corrected chi connectivity index (χ1v) is 5.97. The average Bonchev–Trinajstić information content (AvgIpc) is 2.36. The van der Waals surface area contributed by atoms with Gasteiger partial charge < -0.3 is 4.90 Å². The van der Waals surface area contributed by atoms with Crippen LogP contribution < -0.4 is 0 Å². The molecule has 0 atom stereocenters. The van der Waals surface area contributed by atoms with Crippen molar-refractivity contribution in [2.45, 2.75) is 6.43 Å². The molecule has 5 nitrogen and oxygen atoms in total. The van der Waals surface area contributed by atoms with Crippen LogP contribution in [0.1, 0.15) is 10.4 Å². The Kier molecular flexibility index (Phi) is 5.75. The Hall–Kier alpha value is -1.83. The van der Waals surface area contributed by atoms with Gasteiger partial charge in [-0.3, -0.25) is 14.9 Å². The van der Waals surface area contributed by atoms with Gasteiger partial charge in [-0.25, -0.2) is 13.2 Å². The summed E-state index contributed by atoms with van der Waals surface area (Å²) < 4.78 is 38.3. The summed E-state index contributed by atoms with van der Waals surface area (Å²) in [5.74, 6) is -2.22. The predicted octanol–water partition coefficient (Wildman–Crippen LogP) is 2.68. The van der Waals surface area contributed by atoms with E-state index in [4.69, 9.17) is 11.6 Å². The van der Waals surface area contributed by atoms with Gasteiger partial charge in [0, 0.05) is 18.5 Å². The second kappa shape index (κ2) is 7.09. The molecule has 0 saturated heterocycles. The number of rotatable bonds is 6. The molecule has 0 unspecified atom stereocenters. The van der Waals surface area contributed by atoms with E-state index in [1.807, 2.05) is 0 Å². The first-order valence-electron chi connectivity index (χ1n) is 5.44. The number of halogens is 4. The molecule has 0 aliphatic heterocycles. The summed E-state index contributed by atoms with van der Waals surface area (Å²) in [7, 11) is 0. The average molecular weight is 311 g/mol. The maximum absolute atomic E-state index is 13.6. The molecule has 0 bridgehead atoms. The number of alkyl halides is 3. The quantitative estimate of drug-likeness (QED) is 0.461. The van der Waals surface area contributed by atoms with Crippen molar-refractivity contribution in [2.75, 3.05) is 19.0 Å². The van der Waals surface area contributed by atoms with Crippen molar-refractivity contribution in [3.63, 3.8) is 0 Å². The normalized spacial score (nSPS) is 10.7. The molecular formula is C11H10ClF3N2O3. The Bertz CT molecular complexity index is 514. The third kappa shape index (κ3) is 4.09. The molecule has 0 aromatic heterocycles. The molecule has 1 rings (SSSR count). The van der Waals surface area contributed by atoms with Gasteiger partial charge in [0.1, 0.15) is 5.82 Å². The summed E-state index contributed by atoms with van der Waals surface area (Å²) in [5.41, 5.74) is -1.04. The number of carbonyl (C=O) groups excluding carboxylic acids is 1. The van der Waals surface area contributed by atoms with Crippen LogP contribution in [0.25, 0.3) is 0 Å². The Labute approximate surface area is 117 Å². The predicted molar refractivity (Wildman–Crippen MR) is 65.7 cm³/mol. The van der Waals surface area contributed by atoms with Crippen LogP contribution >= 0.6 is 11.6 Å². The molecule has 0 aliphatic rings. The monoisotopic (exact) mass is 310 g/mol. The largest absolute Gasteiger partial charge is 0.332 e. The van der Waals surface area contributed by atoms with Gasteiger partial charge in [-0.15, -0.1) is 11.6 Å². The van der Waals surface area contributed by atoms with E-state index in [0.29, 0.717) is 11.0 Å². The van der Waals surface area contributed by atoms with Crippen molar-refractivity contribution < 1.29 is 22.9 Å². The molecular weight excluding hydrogens is 301 g/mol. The molecule has 9 heteroatoms. The van der Waals surface area contributed by atoms with E-state index in [0.717, 1.165) is 12.1 Å². The van der Waals surface area contributed by atoms with Gasteiger partial charge >= 0.3 is 0 Å². The molecule has 20 heavy (non-hydrogen) atoms. The molecule has 0 spiro atoms. The Morgan fingerprint density at radius 3 is 2.55 bits per heavy atom. The number of benzene rings is 1. The Morgan fingerprint density at radius 2 is 2.10 bits per heavy atom. The van der Waals surface area contributed by atoms with Crippen LogP contribution in [0.3, 0.4) is 0 Å². The number of hydrogen-bond acceptors (Lipinski definition) is 3. The van der Waals surface area contributed by atoms with Gasteiger partial charge in [0.2, 0.25) is 0 Å². The minimum Gasteiger partial charge on any atom is -0.332 e. The van der Waals surface area contributed by atoms with Gasteiger partial charge in [-0.2, -0.15) is 0 Å². The molecule has 110 valence electrons. The van der Waals surface area contributed by atoms with Crippen molar-refractivity contribution in [3.05, 3.63) is 39.7 Å². The Morgan fingerprint density at radius 1 is 1.45 bits per heavy atom. The molecule has 0 aliphatic carbocycles. The van der Waals surface area contributed by atoms with Crippen molar-refractivity contribution in [1.29, 1.82) is 0 Å². The third-order valence-electron chi connectivity index (χ3n) is 2.39. The van der Waals surface area contributed by atoms with Gasteiger partial charge in [0.25, 0.3) is 18.0 Å². The maximum Gasteiger partial charge on any atom is 0.272 e. The summed E-state index contributed by atoms with van der Waals surface area (Å²) in [6, 6.07) is 2.38. The zero-order valence-electron chi connectivity index (χ0n) is 10.1. The lowest BCUT2D eigenvalue weighted by Crippen LogP contribution is -2.37. The van der Waals surface area contributed by atoms with Crippen LogP contribution in [0.2, 0.25) is 0 Å². The fourth-order valence-electron chi connectivity index (χ4n) is 1.51. The van der Waals surface area contributed by atoms with E-state index in [-0.39, 0.29) is 12.4 Å². The molecule has 0 fully saturated rings. The number of amides is 1. The number of nitro groups is 1. The van der Waals surface area contributed by atoms with Gasteiger partial charge in [0.15, 0.2) is 0 Å². The maximum atomic E-state index is 13.6. The number of hydrogen-bond donors (Lipinski definition) is 0. The summed E-state index contributed by atoms with van der Waals surface area (Å²) >= 11 is 5.40. The summed E-state index contributed by atoms with van der Waals surface area (Å²) in [5, 5.41) is 10.4. The van der Waals surface area contributed by atoms with E-state index in [1.165, 1.54) is 0 Å². The lowest BCUT2D eigenvalue weighted by atomic mass is 10.1. The second-order valence-electron chi connectivity index (χ2n) is 3.75. The van der Waals surface area contributed by atoms with Crippen LogP contribution in [-0.4, -0.2) is 41.1 Å². The fourth-order valence-corrected chi connectivity index (χ4v) is 1.71. The number of carbonyl (C=O) groups is 1. The molecule has 0 N–H and O–H groups in total. The lowest BCUT2D eigenvalue weighted by molar-refractivity contribution is -0.385. The first-order chi connectivity index (χ1) is 9.36. The first kappa shape index (κ1) is 16.2. The molecule has 1 aromatic rings. The summed E-state index contributed by atoms with van der Waals surface area (Å²) in [4.78, 5) is 22.2. The molecule has 0 heterocycles.